The second-order valence-electron chi connectivity index (χ2n) is 6.25. The highest BCUT2D eigenvalue weighted by Gasteiger charge is 2.26. The fourth-order valence-electron chi connectivity index (χ4n) is 3.16. The minimum absolute atomic E-state index is 0.0370. The summed E-state index contributed by atoms with van der Waals surface area (Å²) in [7, 11) is 0. The second kappa shape index (κ2) is 7.59. The molecule has 1 heterocycles. The van der Waals surface area contributed by atoms with Crippen LogP contribution < -0.4 is 10.2 Å². The first-order chi connectivity index (χ1) is 12.1. The van der Waals surface area contributed by atoms with Gasteiger partial charge < -0.3 is 10.2 Å². The van der Waals surface area contributed by atoms with Gasteiger partial charge in [0.2, 0.25) is 11.9 Å². The van der Waals surface area contributed by atoms with Crippen molar-refractivity contribution >= 4 is 17.5 Å². The van der Waals surface area contributed by atoms with Crippen LogP contribution in [0.3, 0.4) is 0 Å². The van der Waals surface area contributed by atoms with Gasteiger partial charge in [-0.05, 0) is 62.9 Å². The van der Waals surface area contributed by atoms with Crippen LogP contribution in [0, 0.1) is 11.7 Å². The van der Waals surface area contributed by atoms with Crippen molar-refractivity contribution in [3.05, 3.63) is 47.5 Å². The molecule has 1 aromatic carbocycles. The van der Waals surface area contributed by atoms with Crippen LogP contribution in [0.2, 0.25) is 0 Å². The standard InChI is InChI=1S/C19H23FN4O/c1-3-24(4-2)19-21-12-14-11-13(5-10-17(14)23-19)18(25)22-16-8-6-15(20)7-9-16/h6-9,12-13H,3-5,10-11H2,1-2H3,(H,22,25)/t13-/m1/s1. The molecule has 132 valence electrons. The molecule has 1 amide bonds. The van der Waals surface area contributed by atoms with Gasteiger partial charge in [-0.25, -0.2) is 14.4 Å². The Morgan fingerprint density at radius 3 is 2.68 bits per heavy atom. The number of amides is 1. The van der Waals surface area contributed by atoms with Crippen LogP contribution in [-0.2, 0) is 17.6 Å². The summed E-state index contributed by atoms with van der Waals surface area (Å²) in [5.41, 5.74) is 2.70. The molecule has 0 unspecified atom stereocenters. The van der Waals surface area contributed by atoms with Gasteiger partial charge in [0.25, 0.3) is 0 Å². The number of rotatable bonds is 5. The Bertz CT molecular complexity index is 744. The largest absolute Gasteiger partial charge is 0.341 e. The van der Waals surface area contributed by atoms with Gasteiger partial charge >= 0.3 is 0 Å². The van der Waals surface area contributed by atoms with E-state index in [1.165, 1.54) is 12.1 Å². The molecular formula is C19H23FN4O. The van der Waals surface area contributed by atoms with E-state index >= 15 is 0 Å². The summed E-state index contributed by atoms with van der Waals surface area (Å²) in [4.78, 5) is 23.7. The Labute approximate surface area is 147 Å². The average Bonchev–Trinajstić information content (AvgIpc) is 2.64. The van der Waals surface area contributed by atoms with Gasteiger partial charge in [-0.3, -0.25) is 4.79 Å². The zero-order valence-electron chi connectivity index (χ0n) is 14.6. The van der Waals surface area contributed by atoms with E-state index in [9.17, 15) is 9.18 Å². The molecule has 3 rings (SSSR count). The number of aromatic nitrogens is 2. The molecule has 25 heavy (non-hydrogen) atoms. The minimum Gasteiger partial charge on any atom is -0.341 e. The molecule has 0 spiro atoms. The third-order valence-corrected chi connectivity index (χ3v) is 4.67. The Morgan fingerprint density at radius 2 is 2.00 bits per heavy atom. The van der Waals surface area contributed by atoms with Gasteiger partial charge in [0.05, 0.1) is 0 Å². The van der Waals surface area contributed by atoms with Crippen LogP contribution in [0.25, 0.3) is 0 Å². The number of hydrogen-bond donors (Lipinski definition) is 1. The van der Waals surface area contributed by atoms with Crippen molar-refractivity contribution < 1.29 is 9.18 Å². The molecule has 6 heteroatoms. The van der Waals surface area contributed by atoms with Crippen LogP contribution in [-0.4, -0.2) is 29.0 Å². The molecule has 1 atom stereocenters. The molecule has 0 saturated carbocycles. The summed E-state index contributed by atoms with van der Waals surface area (Å²) < 4.78 is 13.0. The number of aryl methyl sites for hydroxylation is 1. The monoisotopic (exact) mass is 342 g/mol. The molecule has 0 fully saturated rings. The van der Waals surface area contributed by atoms with Crippen molar-refractivity contribution in [2.45, 2.75) is 33.1 Å². The summed E-state index contributed by atoms with van der Waals surface area (Å²) >= 11 is 0. The highest BCUT2D eigenvalue weighted by atomic mass is 19.1. The van der Waals surface area contributed by atoms with E-state index in [0.717, 1.165) is 43.1 Å². The number of halogens is 1. The summed E-state index contributed by atoms with van der Waals surface area (Å²) in [6, 6.07) is 5.83. The third kappa shape index (κ3) is 3.95. The number of nitrogens with zero attached hydrogens (tertiary/aromatic N) is 3. The van der Waals surface area contributed by atoms with Crippen LogP contribution >= 0.6 is 0 Å². The van der Waals surface area contributed by atoms with E-state index in [1.54, 1.807) is 12.1 Å². The number of anilines is 2. The van der Waals surface area contributed by atoms with Gasteiger partial charge in [0.1, 0.15) is 5.82 Å². The summed E-state index contributed by atoms with van der Waals surface area (Å²) in [5, 5.41) is 2.86. The van der Waals surface area contributed by atoms with Crippen LogP contribution in [0.5, 0.6) is 0 Å². The molecule has 0 aliphatic heterocycles. The van der Waals surface area contributed by atoms with E-state index in [-0.39, 0.29) is 17.6 Å². The highest BCUT2D eigenvalue weighted by Crippen LogP contribution is 2.26. The molecule has 0 radical (unpaired) electrons. The van der Waals surface area contributed by atoms with Crippen LogP contribution in [0.1, 0.15) is 31.5 Å². The highest BCUT2D eigenvalue weighted by molar-refractivity contribution is 5.92. The van der Waals surface area contributed by atoms with Crippen molar-refractivity contribution in [1.82, 2.24) is 9.97 Å². The Kier molecular flexibility index (Phi) is 5.26. The maximum atomic E-state index is 13.0. The number of benzene rings is 1. The van der Waals surface area contributed by atoms with E-state index in [1.807, 2.05) is 6.20 Å². The Morgan fingerprint density at radius 1 is 1.28 bits per heavy atom. The van der Waals surface area contributed by atoms with E-state index in [2.05, 4.69) is 34.0 Å². The lowest BCUT2D eigenvalue weighted by Gasteiger charge is -2.25. The number of hydrogen-bond acceptors (Lipinski definition) is 4. The Balaban J connectivity index is 1.68. The zero-order valence-corrected chi connectivity index (χ0v) is 14.6. The van der Waals surface area contributed by atoms with E-state index in [0.29, 0.717) is 12.1 Å². The van der Waals surface area contributed by atoms with Crippen molar-refractivity contribution in [2.75, 3.05) is 23.3 Å². The molecule has 1 aliphatic rings. The van der Waals surface area contributed by atoms with Crippen LogP contribution in [0.15, 0.2) is 30.5 Å². The quantitative estimate of drug-likeness (QED) is 0.906. The van der Waals surface area contributed by atoms with Crippen molar-refractivity contribution in [3.63, 3.8) is 0 Å². The second-order valence-corrected chi connectivity index (χ2v) is 6.25. The smallest absolute Gasteiger partial charge is 0.227 e. The molecule has 5 nitrogen and oxygen atoms in total. The molecule has 1 aromatic heterocycles. The van der Waals surface area contributed by atoms with Gasteiger partial charge in [-0.1, -0.05) is 0 Å². The molecule has 1 aliphatic carbocycles. The van der Waals surface area contributed by atoms with Crippen molar-refractivity contribution in [1.29, 1.82) is 0 Å². The lowest BCUT2D eigenvalue weighted by atomic mass is 9.86. The predicted molar refractivity (Wildman–Crippen MR) is 96.1 cm³/mol. The summed E-state index contributed by atoms with van der Waals surface area (Å²) in [5.74, 6) is 0.300. The maximum Gasteiger partial charge on any atom is 0.227 e. The number of carbonyl (C=O) groups is 1. The summed E-state index contributed by atoms with van der Waals surface area (Å²) in [6.45, 7) is 5.92. The first-order valence-electron chi connectivity index (χ1n) is 8.76. The van der Waals surface area contributed by atoms with Gasteiger partial charge in [-0.2, -0.15) is 0 Å². The van der Waals surface area contributed by atoms with Gasteiger partial charge in [-0.15, -0.1) is 0 Å². The topological polar surface area (TPSA) is 58.1 Å². The first kappa shape index (κ1) is 17.3. The molecule has 0 bridgehead atoms. The molecule has 0 saturated heterocycles. The minimum atomic E-state index is -0.314. The number of nitrogens with one attached hydrogen (secondary N) is 1. The van der Waals surface area contributed by atoms with E-state index < -0.39 is 0 Å². The van der Waals surface area contributed by atoms with Crippen molar-refractivity contribution in [2.24, 2.45) is 5.92 Å². The fraction of sp³-hybridized carbons (Fsp3) is 0.421. The number of carbonyl (C=O) groups excluding carboxylic acids is 1. The van der Waals surface area contributed by atoms with Crippen molar-refractivity contribution in [3.8, 4) is 0 Å². The van der Waals surface area contributed by atoms with E-state index in [4.69, 9.17) is 0 Å². The fourth-order valence-corrected chi connectivity index (χ4v) is 3.16. The van der Waals surface area contributed by atoms with Gasteiger partial charge in [0, 0.05) is 36.6 Å². The zero-order chi connectivity index (χ0) is 17.8. The molecular weight excluding hydrogens is 319 g/mol. The summed E-state index contributed by atoms with van der Waals surface area (Å²) in [6.07, 6.45) is 4.02. The predicted octanol–water partition coefficient (Wildman–Crippen LogP) is 3.21. The lowest BCUT2D eigenvalue weighted by molar-refractivity contribution is -0.120. The third-order valence-electron chi connectivity index (χ3n) is 4.67. The Hall–Kier alpha value is -2.50. The molecule has 2 aromatic rings. The lowest BCUT2D eigenvalue weighted by Crippen LogP contribution is -2.30. The normalized spacial score (nSPS) is 16.2. The maximum absolute atomic E-state index is 13.0. The van der Waals surface area contributed by atoms with Gasteiger partial charge in [0.15, 0.2) is 0 Å². The number of fused-ring (bicyclic) bond motifs is 1. The molecule has 1 N–H and O–H groups in total. The first-order valence-corrected chi connectivity index (χ1v) is 8.76. The SMILES string of the molecule is CCN(CC)c1ncc2c(n1)CC[C@@H](C(=O)Nc1ccc(F)cc1)C2. The van der Waals surface area contributed by atoms with Crippen LogP contribution in [0.4, 0.5) is 16.0 Å². The average molecular weight is 342 g/mol.